The number of Topliss-reactive ketones (excluding diaryl/α,β-unsaturated/α-hetero) is 2. The van der Waals surface area contributed by atoms with Crippen molar-refractivity contribution in [3.05, 3.63) is 40.5 Å². The van der Waals surface area contributed by atoms with Gasteiger partial charge in [-0.2, -0.15) is 0 Å². The highest BCUT2D eigenvalue weighted by atomic mass is 16.6. The number of aliphatic hydroxyl groups is 1. The number of hydrogen-bond donors (Lipinski definition) is 3. The number of epoxide rings is 1. The average molecular weight is 632 g/mol. The maximum absolute atomic E-state index is 14.5. The Morgan fingerprint density at radius 3 is 2.39 bits per heavy atom. The highest BCUT2D eigenvalue weighted by Gasteiger charge is 2.73. The summed E-state index contributed by atoms with van der Waals surface area (Å²) in [5, 5.41) is 25.0. The predicted molar refractivity (Wildman–Crippen MR) is 179 cm³/mol. The Bertz CT molecular complexity index is 1490. The Kier molecular flexibility index (Phi) is 7.42. The number of hydrogen-bond acceptors (Lipinski definition) is 6. The first-order valence-electron chi connectivity index (χ1n) is 18.2. The van der Waals surface area contributed by atoms with Gasteiger partial charge in [0.15, 0.2) is 5.78 Å². The van der Waals surface area contributed by atoms with Crippen LogP contribution in [0, 0.1) is 45.3 Å². The SMILES string of the molecule is CNCc1cc(O)cc([C@H]2C[C@@]3(C)[C@@H](CC[C@]45CCC[C@@H]6C(=O)C([C@H](C)C[C@@H](O)[C@@H]7OC7(C)C)=C(CC[C@@H]34)[C@]65C)C(C)(C)C2=O)c1. The van der Waals surface area contributed by atoms with E-state index >= 15 is 0 Å². The molecule has 4 saturated carbocycles. The Morgan fingerprint density at radius 1 is 1.00 bits per heavy atom. The lowest BCUT2D eigenvalue weighted by Gasteiger charge is -2.71. The Labute approximate surface area is 276 Å². The second-order valence-corrected chi connectivity index (χ2v) is 17.9. The minimum atomic E-state index is -0.564. The van der Waals surface area contributed by atoms with Gasteiger partial charge in [0.1, 0.15) is 17.6 Å². The average Bonchev–Trinajstić information content (AvgIpc) is 3.55. The molecule has 6 aliphatic rings. The van der Waals surface area contributed by atoms with E-state index in [4.69, 9.17) is 4.74 Å². The summed E-state index contributed by atoms with van der Waals surface area (Å²) in [5.41, 5.74) is 3.42. The summed E-state index contributed by atoms with van der Waals surface area (Å²) in [6.45, 7) is 16.2. The molecule has 0 amide bonds. The molecule has 1 spiro atoms. The fourth-order valence-electron chi connectivity index (χ4n) is 13.1. The van der Waals surface area contributed by atoms with Crippen LogP contribution in [0.3, 0.4) is 0 Å². The fraction of sp³-hybridized carbons (Fsp3) is 0.750. The molecule has 1 aromatic rings. The lowest BCUT2D eigenvalue weighted by Crippen LogP contribution is -2.66. The number of fused-ring (bicyclic) bond motifs is 2. The van der Waals surface area contributed by atoms with Crippen LogP contribution in [0.2, 0.25) is 0 Å². The van der Waals surface area contributed by atoms with Gasteiger partial charge in [0.05, 0.1) is 11.7 Å². The molecule has 5 aliphatic carbocycles. The number of phenolic OH excluding ortho intramolecular Hbond substituents is 1. The third-order valence-electron chi connectivity index (χ3n) is 14.9. The molecule has 0 unspecified atom stereocenters. The van der Waals surface area contributed by atoms with Crippen molar-refractivity contribution < 1.29 is 24.5 Å². The van der Waals surface area contributed by atoms with Gasteiger partial charge < -0.3 is 20.3 Å². The van der Waals surface area contributed by atoms with Gasteiger partial charge in [-0.15, -0.1) is 0 Å². The molecule has 10 atom stereocenters. The van der Waals surface area contributed by atoms with Gasteiger partial charge in [0.25, 0.3) is 0 Å². The molecule has 3 N–H and O–H groups in total. The molecule has 46 heavy (non-hydrogen) atoms. The summed E-state index contributed by atoms with van der Waals surface area (Å²) < 4.78 is 5.78. The summed E-state index contributed by atoms with van der Waals surface area (Å²) in [5.74, 6) is 1.38. The van der Waals surface area contributed by atoms with Crippen molar-refractivity contribution in [1.82, 2.24) is 5.32 Å². The van der Waals surface area contributed by atoms with Gasteiger partial charge in [-0.25, -0.2) is 0 Å². The van der Waals surface area contributed by atoms with Crippen molar-refractivity contribution in [1.29, 1.82) is 0 Å². The van der Waals surface area contributed by atoms with E-state index in [1.807, 2.05) is 27.0 Å². The van der Waals surface area contributed by atoms with Gasteiger partial charge in [-0.05, 0) is 130 Å². The minimum absolute atomic E-state index is 0.00799. The molecule has 7 rings (SSSR count). The summed E-state index contributed by atoms with van der Waals surface area (Å²) >= 11 is 0. The fourth-order valence-corrected chi connectivity index (χ4v) is 13.1. The largest absolute Gasteiger partial charge is 0.508 e. The van der Waals surface area contributed by atoms with Crippen molar-refractivity contribution >= 4 is 11.6 Å². The predicted octanol–water partition coefficient (Wildman–Crippen LogP) is 7.26. The molecule has 5 fully saturated rings. The van der Waals surface area contributed by atoms with Crippen LogP contribution < -0.4 is 5.32 Å². The van der Waals surface area contributed by atoms with Gasteiger partial charge in [-0.3, -0.25) is 9.59 Å². The van der Waals surface area contributed by atoms with E-state index < -0.39 is 11.5 Å². The van der Waals surface area contributed by atoms with Crippen LogP contribution in [0.4, 0.5) is 0 Å². The topological polar surface area (TPSA) is 99.2 Å². The van der Waals surface area contributed by atoms with Crippen LogP contribution in [0.1, 0.15) is 123 Å². The summed E-state index contributed by atoms with van der Waals surface area (Å²) in [6.07, 6.45) is 7.92. The van der Waals surface area contributed by atoms with E-state index in [0.717, 1.165) is 68.1 Å². The van der Waals surface area contributed by atoms with Crippen LogP contribution in [-0.4, -0.2) is 46.6 Å². The number of ketones is 2. The summed E-state index contributed by atoms with van der Waals surface area (Å²) in [7, 11) is 1.90. The molecule has 6 nitrogen and oxygen atoms in total. The van der Waals surface area contributed by atoms with Gasteiger partial charge >= 0.3 is 0 Å². The first-order valence-corrected chi connectivity index (χ1v) is 18.2. The van der Waals surface area contributed by atoms with E-state index in [2.05, 4.69) is 46.0 Å². The molecule has 252 valence electrons. The Hall–Kier alpha value is -2.02. The standard InChI is InChI=1S/C40H57NO5/c1-22(16-29(43)35-37(4,5)46-35)32-27-11-12-31-38(6)20-26(24-17-23(21-41-8)18-25(42)19-24)34(45)36(2,3)30(38)13-15-40(31)14-9-10-28(33(32)44)39(27,40)7/h17-19,22,26,28-31,35,41-43H,9-16,20-21H2,1-8H3/t22-,26-,28-,29-,30+,31+,35+,38+,39-,40-/m1/s1. The number of nitrogens with one attached hydrogen (secondary N) is 1. The van der Waals surface area contributed by atoms with Gasteiger partial charge in [-0.1, -0.05) is 52.7 Å². The Balaban J connectivity index is 1.28. The quantitative estimate of drug-likeness (QED) is 0.274. The van der Waals surface area contributed by atoms with Crippen molar-refractivity contribution in [2.24, 2.45) is 45.3 Å². The molecule has 0 bridgehead atoms. The van der Waals surface area contributed by atoms with Crippen molar-refractivity contribution in [2.75, 3.05) is 7.05 Å². The zero-order chi connectivity index (χ0) is 33.2. The molecule has 0 aromatic heterocycles. The van der Waals surface area contributed by atoms with Crippen molar-refractivity contribution in [3.63, 3.8) is 0 Å². The molecule has 6 heteroatoms. The number of ether oxygens (including phenoxy) is 1. The van der Waals surface area contributed by atoms with E-state index in [1.165, 1.54) is 5.57 Å². The van der Waals surface area contributed by atoms with Crippen molar-refractivity contribution in [3.8, 4) is 5.75 Å². The van der Waals surface area contributed by atoms with Crippen LogP contribution in [0.25, 0.3) is 0 Å². The number of carbonyl (C=O) groups excluding carboxylic acids is 2. The van der Waals surface area contributed by atoms with E-state index in [9.17, 15) is 19.8 Å². The number of carbonyl (C=O) groups is 2. The van der Waals surface area contributed by atoms with Crippen LogP contribution in [-0.2, 0) is 20.9 Å². The molecule has 1 aromatic carbocycles. The lowest BCUT2D eigenvalue weighted by atomic mass is 9.32. The first kappa shape index (κ1) is 32.5. The summed E-state index contributed by atoms with van der Waals surface area (Å²) in [6, 6.07) is 5.75. The first-order chi connectivity index (χ1) is 21.5. The number of aliphatic hydroxyl groups excluding tert-OH is 1. The van der Waals surface area contributed by atoms with E-state index in [0.29, 0.717) is 30.4 Å². The second kappa shape index (κ2) is 10.5. The van der Waals surface area contributed by atoms with Crippen molar-refractivity contribution in [2.45, 2.75) is 137 Å². The third kappa shape index (κ3) is 4.30. The number of aromatic hydroxyl groups is 1. The zero-order valence-corrected chi connectivity index (χ0v) is 29.5. The van der Waals surface area contributed by atoms with Crippen LogP contribution >= 0.6 is 0 Å². The molecular weight excluding hydrogens is 574 g/mol. The molecule has 1 aliphatic heterocycles. The van der Waals surface area contributed by atoms with Crippen LogP contribution in [0.5, 0.6) is 5.75 Å². The van der Waals surface area contributed by atoms with E-state index in [-0.39, 0.29) is 57.4 Å². The highest BCUT2D eigenvalue weighted by Crippen LogP contribution is 2.78. The zero-order valence-electron chi connectivity index (χ0n) is 29.5. The monoisotopic (exact) mass is 631 g/mol. The summed E-state index contributed by atoms with van der Waals surface area (Å²) in [4.78, 5) is 28.9. The molecule has 0 radical (unpaired) electrons. The smallest absolute Gasteiger partial charge is 0.163 e. The second-order valence-electron chi connectivity index (χ2n) is 17.9. The minimum Gasteiger partial charge on any atom is -0.508 e. The van der Waals surface area contributed by atoms with Gasteiger partial charge in [0.2, 0.25) is 0 Å². The number of phenols is 1. The Morgan fingerprint density at radius 2 is 1.72 bits per heavy atom. The highest BCUT2D eigenvalue weighted by molar-refractivity contribution is 6.02. The normalized spacial score (nSPS) is 41.8. The molecule has 1 saturated heterocycles. The lowest BCUT2D eigenvalue weighted by molar-refractivity contribution is -0.206. The third-order valence-corrected chi connectivity index (χ3v) is 14.9. The van der Waals surface area contributed by atoms with E-state index in [1.54, 1.807) is 6.07 Å². The molecule has 1 heterocycles. The number of allylic oxidation sites excluding steroid dienone is 2. The number of benzene rings is 1. The molecular formula is C40H57NO5. The van der Waals surface area contributed by atoms with Crippen LogP contribution in [0.15, 0.2) is 29.3 Å². The number of rotatable bonds is 7. The van der Waals surface area contributed by atoms with Gasteiger partial charge in [0, 0.05) is 29.2 Å². The maximum atomic E-state index is 14.5. The maximum Gasteiger partial charge on any atom is 0.163 e.